The zero-order valence-electron chi connectivity index (χ0n) is 17.2. The molecule has 0 amide bonds. The van der Waals surface area contributed by atoms with Gasteiger partial charge in [-0.1, -0.05) is 13.3 Å². The molecule has 154 valence electrons. The molecule has 1 atom stereocenters. The molecule has 0 saturated carbocycles. The van der Waals surface area contributed by atoms with Gasteiger partial charge in [-0.3, -0.25) is 0 Å². The fourth-order valence-electron chi connectivity index (χ4n) is 3.66. The second-order valence-corrected chi connectivity index (χ2v) is 7.08. The molecule has 0 radical (unpaired) electrons. The number of hydrogen-bond donors (Lipinski definition) is 0. The number of pyridine rings is 1. The third kappa shape index (κ3) is 3.86. The first-order valence-corrected chi connectivity index (χ1v) is 10.2. The van der Waals surface area contributed by atoms with E-state index in [0.29, 0.717) is 36.8 Å². The first-order chi connectivity index (χ1) is 14.7. The number of rotatable bonds is 8. The van der Waals surface area contributed by atoms with Crippen molar-refractivity contribution in [3.05, 3.63) is 47.3 Å². The maximum atomic E-state index is 9.44. The van der Waals surface area contributed by atoms with Crippen LogP contribution in [0.2, 0.25) is 0 Å². The minimum atomic E-state index is 0.0448. The van der Waals surface area contributed by atoms with Crippen molar-refractivity contribution in [1.29, 1.82) is 5.26 Å². The van der Waals surface area contributed by atoms with Gasteiger partial charge in [0.05, 0.1) is 17.3 Å². The highest BCUT2D eigenvalue weighted by atomic mass is 16.5. The van der Waals surface area contributed by atoms with Gasteiger partial charge in [-0.15, -0.1) is 5.10 Å². The Morgan fingerprint density at radius 3 is 3.00 bits per heavy atom. The van der Waals surface area contributed by atoms with Crippen molar-refractivity contribution in [2.45, 2.75) is 52.2 Å². The Hall–Kier alpha value is -3.38. The van der Waals surface area contributed by atoms with Gasteiger partial charge in [0, 0.05) is 37.4 Å². The third-order valence-corrected chi connectivity index (χ3v) is 5.03. The van der Waals surface area contributed by atoms with Gasteiger partial charge in [0.15, 0.2) is 17.3 Å². The zero-order valence-corrected chi connectivity index (χ0v) is 17.2. The van der Waals surface area contributed by atoms with Gasteiger partial charge in [-0.05, 0) is 25.5 Å². The molecular formula is C21H24N8O. The van der Waals surface area contributed by atoms with Crippen LogP contribution in [-0.2, 0) is 24.2 Å². The van der Waals surface area contributed by atoms with E-state index in [-0.39, 0.29) is 6.04 Å². The summed E-state index contributed by atoms with van der Waals surface area (Å²) in [7, 11) is 0. The Bertz CT molecular complexity index is 1100. The smallest absolute Gasteiger partial charge is 0.177 e. The van der Waals surface area contributed by atoms with E-state index < -0.39 is 0 Å². The van der Waals surface area contributed by atoms with E-state index in [1.165, 1.54) is 0 Å². The number of nitrogens with zero attached hydrogens (tertiary/aromatic N) is 8. The van der Waals surface area contributed by atoms with Crippen LogP contribution < -0.4 is 5.01 Å². The SMILES string of the molecule is CCCc1c(CC2CC=NN2c2ncccc2C#N)ncn2nc(COCC)nc12. The topological polar surface area (TPSA) is 105 Å². The fourth-order valence-corrected chi connectivity index (χ4v) is 3.66. The summed E-state index contributed by atoms with van der Waals surface area (Å²) >= 11 is 0. The maximum absolute atomic E-state index is 9.44. The van der Waals surface area contributed by atoms with Crippen LogP contribution in [0.15, 0.2) is 29.8 Å². The van der Waals surface area contributed by atoms with E-state index in [1.807, 2.05) is 18.1 Å². The molecule has 9 heteroatoms. The molecule has 3 aromatic rings. The Labute approximate surface area is 175 Å². The lowest BCUT2D eigenvalue weighted by atomic mass is 10.0. The van der Waals surface area contributed by atoms with Crippen LogP contribution in [0.5, 0.6) is 0 Å². The Morgan fingerprint density at radius 1 is 1.30 bits per heavy atom. The summed E-state index contributed by atoms with van der Waals surface area (Å²) in [6, 6.07) is 5.77. The molecule has 4 heterocycles. The molecule has 1 unspecified atom stereocenters. The second kappa shape index (κ2) is 8.97. The number of aromatic nitrogens is 5. The molecule has 1 aliphatic rings. The molecule has 30 heavy (non-hydrogen) atoms. The Kier molecular flexibility index (Phi) is 5.95. The summed E-state index contributed by atoms with van der Waals surface area (Å²) in [5.74, 6) is 1.24. The van der Waals surface area contributed by atoms with E-state index >= 15 is 0 Å². The number of hydrazone groups is 1. The van der Waals surface area contributed by atoms with Crippen LogP contribution in [0.1, 0.15) is 49.3 Å². The molecule has 0 bridgehead atoms. The molecule has 0 saturated heterocycles. The average molecular weight is 404 g/mol. The number of nitriles is 1. The average Bonchev–Trinajstić information content (AvgIpc) is 3.40. The lowest BCUT2D eigenvalue weighted by Crippen LogP contribution is -2.30. The van der Waals surface area contributed by atoms with E-state index in [0.717, 1.165) is 36.2 Å². The third-order valence-electron chi connectivity index (χ3n) is 5.03. The number of ether oxygens (including phenoxy) is 1. The molecule has 0 N–H and O–H groups in total. The highest BCUT2D eigenvalue weighted by Gasteiger charge is 2.27. The maximum Gasteiger partial charge on any atom is 0.177 e. The number of aryl methyl sites for hydroxylation is 1. The molecule has 0 aromatic carbocycles. The van der Waals surface area contributed by atoms with Crippen molar-refractivity contribution in [1.82, 2.24) is 24.6 Å². The van der Waals surface area contributed by atoms with Crippen molar-refractivity contribution in [2.75, 3.05) is 11.6 Å². The van der Waals surface area contributed by atoms with Crippen molar-refractivity contribution < 1.29 is 4.74 Å². The van der Waals surface area contributed by atoms with Crippen LogP contribution in [-0.4, -0.2) is 43.4 Å². The van der Waals surface area contributed by atoms with E-state index in [4.69, 9.17) is 14.7 Å². The summed E-state index contributed by atoms with van der Waals surface area (Å²) in [4.78, 5) is 13.8. The lowest BCUT2D eigenvalue weighted by molar-refractivity contribution is 0.128. The van der Waals surface area contributed by atoms with Gasteiger partial charge in [0.2, 0.25) is 0 Å². The van der Waals surface area contributed by atoms with E-state index in [1.54, 1.807) is 29.2 Å². The van der Waals surface area contributed by atoms with E-state index in [2.05, 4.69) is 28.2 Å². The van der Waals surface area contributed by atoms with E-state index in [9.17, 15) is 5.26 Å². The van der Waals surface area contributed by atoms with Crippen LogP contribution in [0, 0.1) is 11.3 Å². The van der Waals surface area contributed by atoms with Crippen molar-refractivity contribution >= 4 is 17.7 Å². The van der Waals surface area contributed by atoms with Gasteiger partial charge in [0.25, 0.3) is 0 Å². The second-order valence-electron chi connectivity index (χ2n) is 7.08. The molecular weight excluding hydrogens is 380 g/mol. The molecule has 1 aliphatic heterocycles. The first kappa shape index (κ1) is 19.9. The highest BCUT2D eigenvalue weighted by Crippen LogP contribution is 2.27. The quantitative estimate of drug-likeness (QED) is 0.568. The van der Waals surface area contributed by atoms with Crippen molar-refractivity contribution in [3.8, 4) is 6.07 Å². The van der Waals surface area contributed by atoms with Crippen LogP contribution in [0.25, 0.3) is 5.65 Å². The molecule has 0 aliphatic carbocycles. The number of hydrogen-bond acceptors (Lipinski definition) is 8. The molecule has 0 spiro atoms. The lowest BCUT2D eigenvalue weighted by Gasteiger charge is -2.24. The van der Waals surface area contributed by atoms with Crippen LogP contribution in [0.3, 0.4) is 0 Å². The van der Waals surface area contributed by atoms with Gasteiger partial charge < -0.3 is 4.74 Å². The fraction of sp³-hybridized carbons (Fsp3) is 0.429. The first-order valence-electron chi connectivity index (χ1n) is 10.2. The van der Waals surface area contributed by atoms with Crippen molar-refractivity contribution in [2.24, 2.45) is 5.10 Å². The standard InChI is InChI=1S/C21H24N8O/c1-3-6-17-18(24-14-28-21(17)26-19(27-28)13-30-4-2)11-16-8-10-25-29(16)20-15(12-22)7-5-9-23-20/h5,7,9-10,14,16H,3-4,6,8,11,13H2,1-2H3. The minimum absolute atomic E-state index is 0.0448. The van der Waals surface area contributed by atoms with Crippen molar-refractivity contribution in [3.63, 3.8) is 0 Å². The summed E-state index contributed by atoms with van der Waals surface area (Å²) < 4.78 is 7.19. The van der Waals surface area contributed by atoms with Gasteiger partial charge in [0.1, 0.15) is 19.0 Å². The number of anilines is 1. The largest absolute Gasteiger partial charge is 0.374 e. The zero-order chi connectivity index (χ0) is 20.9. The Morgan fingerprint density at radius 2 is 2.20 bits per heavy atom. The summed E-state index contributed by atoms with van der Waals surface area (Å²) in [5, 5.41) is 20.3. The van der Waals surface area contributed by atoms with Gasteiger partial charge in [-0.2, -0.15) is 10.4 Å². The number of fused-ring (bicyclic) bond motifs is 1. The summed E-state index contributed by atoms with van der Waals surface area (Å²) in [6.45, 7) is 5.10. The highest BCUT2D eigenvalue weighted by molar-refractivity contribution is 5.68. The van der Waals surface area contributed by atoms with Gasteiger partial charge in [-0.25, -0.2) is 24.5 Å². The molecule has 3 aromatic heterocycles. The summed E-state index contributed by atoms with van der Waals surface area (Å²) in [6.07, 6.45) is 8.56. The van der Waals surface area contributed by atoms with Crippen LogP contribution >= 0.6 is 0 Å². The summed E-state index contributed by atoms with van der Waals surface area (Å²) in [5.41, 5.74) is 3.42. The molecule has 9 nitrogen and oxygen atoms in total. The molecule has 4 rings (SSSR count). The Balaban J connectivity index is 1.65. The predicted molar refractivity (Wildman–Crippen MR) is 112 cm³/mol. The van der Waals surface area contributed by atoms with Crippen LogP contribution in [0.4, 0.5) is 5.82 Å². The molecule has 0 fully saturated rings. The van der Waals surface area contributed by atoms with Gasteiger partial charge >= 0.3 is 0 Å². The normalized spacial score (nSPS) is 15.8. The monoisotopic (exact) mass is 404 g/mol. The minimum Gasteiger partial charge on any atom is -0.374 e. The predicted octanol–water partition coefficient (Wildman–Crippen LogP) is 2.69.